The highest BCUT2D eigenvalue weighted by Gasteiger charge is 2.16. The number of ether oxygens (including phenoxy) is 2. The van der Waals surface area contributed by atoms with E-state index in [1.165, 1.54) is 70.7 Å². The van der Waals surface area contributed by atoms with Crippen LogP contribution in [0.4, 0.5) is 0 Å². The summed E-state index contributed by atoms with van der Waals surface area (Å²) in [5, 5.41) is 0. The summed E-state index contributed by atoms with van der Waals surface area (Å²) in [6.45, 7) is 6.38. The summed E-state index contributed by atoms with van der Waals surface area (Å²) in [6.07, 6.45) is 17.3. The molecule has 0 amide bonds. The average molecular weight is 370 g/mol. The van der Waals surface area contributed by atoms with Crippen LogP contribution in [0.5, 0.6) is 0 Å². The van der Waals surface area contributed by atoms with Crippen molar-refractivity contribution in [2.75, 3.05) is 6.61 Å². The lowest BCUT2D eigenvalue weighted by molar-refractivity contribution is -0.145. The second kappa shape index (κ2) is 20.3. The Morgan fingerprint density at radius 1 is 0.769 bits per heavy atom. The van der Waals surface area contributed by atoms with Crippen molar-refractivity contribution in [1.82, 2.24) is 0 Å². The fraction of sp³-hybridized carbons (Fsp3) is 0.909. The first-order valence-electron chi connectivity index (χ1n) is 10.9. The molecular formula is C22H41O4. The van der Waals surface area contributed by atoms with Gasteiger partial charge in [0.25, 0.3) is 0 Å². The molecule has 1 radical (unpaired) electrons. The standard InChI is InChI=1S/C22H41O4/c1-3-5-7-9-11-12-14-16-18-25-22(24)19-21(26-20-23)17-15-13-10-8-6-4-2/h21H,3-19H2,1-2H3. The van der Waals surface area contributed by atoms with Crippen LogP contribution in [0.15, 0.2) is 0 Å². The molecule has 26 heavy (non-hydrogen) atoms. The summed E-state index contributed by atoms with van der Waals surface area (Å²) in [7, 11) is 0. The van der Waals surface area contributed by atoms with E-state index in [4.69, 9.17) is 9.47 Å². The number of carbonyl (C=O) groups is 1. The van der Waals surface area contributed by atoms with Gasteiger partial charge < -0.3 is 9.47 Å². The van der Waals surface area contributed by atoms with Crippen LogP contribution in [0.3, 0.4) is 0 Å². The molecule has 0 aromatic rings. The van der Waals surface area contributed by atoms with Crippen LogP contribution < -0.4 is 0 Å². The minimum Gasteiger partial charge on any atom is -0.466 e. The van der Waals surface area contributed by atoms with Gasteiger partial charge in [0.05, 0.1) is 13.0 Å². The first-order valence-corrected chi connectivity index (χ1v) is 10.9. The van der Waals surface area contributed by atoms with Gasteiger partial charge in [-0.25, -0.2) is 4.79 Å². The van der Waals surface area contributed by atoms with E-state index in [1.54, 1.807) is 0 Å². The van der Waals surface area contributed by atoms with Crippen LogP contribution in [-0.4, -0.2) is 25.2 Å². The SMILES string of the molecule is CCCCCCCCCCOC(=O)CC(CCCCCCCC)O[C]=O. The minimum absolute atomic E-state index is 0.154. The van der Waals surface area contributed by atoms with Crippen LogP contribution in [0.2, 0.25) is 0 Å². The summed E-state index contributed by atoms with van der Waals surface area (Å²) in [5.74, 6) is -0.265. The van der Waals surface area contributed by atoms with E-state index < -0.39 is 0 Å². The van der Waals surface area contributed by atoms with E-state index in [0.29, 0.717) is 13.0 Å². The quantitative estimate of drug-likeness (QED) is 0.188. The summed E-state index contributed by atoms with van der Waals surface area (Å²) in [5.41, 5.74) is 0. The molecule has 0 N–H and O–H groups in total. The van der Waals surface area contributed by atoms with Crippen molar-refractivity contribution in [3.63, 3.8) is 0 Å². The molecular weight excluding hydrogens is 328 g/mol. The van der Waals surface area contributed by atoms with Gasteiger partial charge in [0.15, 0.2) is 0 Å². The molecule has 0 heterocycles. The molecule has 0 aromatic heterocycles. The molecule has 153 valence electrons. The summed E-state index contributed by atoms with van der Waals surface area (Å²) < 4.78 is 10.2. The van der Waals surface area contributed by atoms with E-state index in [1.807, 2.05) is 0 Å². The summed E-state index contributed by atoms with van der Waals surface area (Å²) >= 11 is 0. The van der Waals surface area contributed by atoms with Crippen LogP contribution in [-0.2, 0) is 19.1 Å². The van der Waals surface area contributed by atoms with Gasteiger partial charge in [-0.1, -0.05) is 90.9 Å². The number of esters is 1. The second-order valence-electron chi connectivity index (χ2n) is 7.28. The van der Waals surface area contributed by atoms with Gasteiger partial charge in [-0.15, -0.1) is 0 Å². The molecule has 0 spiro atoms. The summed E-state index contributed by atoms with van der Waals surface area (Å²) in [4.78, 5) is 22.4. The highest BCUT2D eigenvalue weighted by Crippen LogP contribution is 2.13. The zero-order valence-electron chi connectivity index (χ0n) is 17.2. The third-order valence-electron chi connectivity index (χ3n) is 4.75. The van der Waals surface area contributed by atoms with E-state index in [9.17, 15) is 9.59 Å². The van der Waals surface area contributed by atoms with Gasteiger partial charge >= 0.3 is 12.4 Å². The maximum Gasteiger partial charge on any atom is 0.417 e. The average Bonchev–Trinajstić information content (AvgIpc) is 2.63. The molecule has 0 aliphatic carbocycles. The molecule has 4 heteroatoms. The molecule has 0 aliphatic heterocycles. The second-order valence-corrected chi connectivity index (χ2v) is 7.28. The smallest absolute Gasteiger partial charge is 0.417 e. The third-order valence-corrected chi connectivity index (χ3v) is 4.75. The number of unbranched alkanes of at least 4 members (excludes halogenated alkanes) is 12. The Kier molecular flexibility index (Phi) is 19.4. The zero-order valence-corrected chi connectivity index (χ0v) is 17.2. The first-order chi connectivity index (χ1) is 12.7. The van der Waals surface area contributed by atoms with Crippen molar-refractivity contribution in [3.8, 4) is 0 Å². The number of hydrogen-bond acceptors (Lipinski definition) is 4. The Morgan fingerprint density at radius 3 is 1.81 bits per heavy atom. The lowest BCUT2D eigenvalue weighted by Gasteiger charge is -2.14. The van der Waals surface area contributed by atoms with E-state index >= 15 is 0 Å². The maximum absolute atomic E-state index is 11.9. The Bertz CT molecular complexity index is 317. The van der Waals surface area contributed by atoms with Crippen LogP contribution >= 0.6 is 0 Å². The Morgan fingerprint density at radius 2 is 1.27 bits per heavy atom. The monoisotopic (exact) mass is 369 g/mol. The van der Waals surface area contributed by atoms with Gasteiger partial charge in [-0.2, -0.15) is 0 Å². The third kappa shape index (κ3) is 17.8. The normalized spacial score (nSPS) is 11.9. The molecule has 0 rings (SSSR count). The molecule has 1 unspecified atom stereocenters. The topological polar surface area (TPSA) is 52.6 Å². The molecule has 0 saturated heterocycles. The van der Waals surface area contributed by atoms with Crippen LogP contribution in [0.25, 0.3) is 0 Å². The largest absolute Gasteiger partial charge is 0.466 e. The van der Waals surface area contributed by atoms with Crippen molar-refractivity contribution in [3.05, 3.63) is 0 Å². The van der Waals surface area contributed by atoms with E-state index in [-0.39, 0.29) is 18.5 Å². The summed E-state index contributed by atoms with van der Waals surface area (Å²) in [6, 6.07) is 0. The van der Waals surface area contributed by atoms with Crippen molar-refractivity contribution in [2.45, 2.75) is 123 Å². The highest BCUT2D eigenvalue weighted by molar-refractivity contribution is 5.70. The molecule has 4 nitrogen and oxygen atoms in total. The molecule has 0 saturated carbocycles. The van der Waals surface area contributed by atoms with Gasteiger partial charge in [0, 0.05) is 0 Å². The van der Waals surface area contributed by atoms with Gasteiger partial charge in [0.2, 0.25) is 0 Å². The lowest BCUT2D eigenvalue weighted by Crippen LogP contribution is -2.19. The molecule has 0 bridgehead atoms. The Hall–Kier alpha value is -1.06. The van der Waals surface area contributed by atoms with Crippen LogP contribution in [0, 0.1) is 0 Å². The minimum atomic E-state index is -0.384. The van der Waals surface area contributed by atoms with Gasteiger partial charge in [-0.05, 0) is 19.3 Å². The number of carbonyl (C=O) groups excluding carboxylic acids is 2. The fourth-order valence-electron chi connectivity index (χ4n) is 3.09. The van der Waals surface area contributed by atoms with Crippen molar-refractivity contribution < 1.29 is 19.1 Å². The Labute approximate surface area is 161 Å². The predicted octanol–water partition coefficient (Wildman–Crippen LogP) is 6.26. The maximum atomic E-state index is 11.9. The molecule has 0 fully saturated rings. The van der Waals surface area contributed by atoms with E-state index in [0.717, 1.165) is 25.7 Å². The molecule has 1 atom stereocenters. The van der Waals surface area contributed by atoms with Gasteiger partial charge in [0.1, 0.15) is 6.10 Å². The molecule has 0 aromatic carbocycles. The van der Waals surface area contributed by atoms with E-state index in [2.05, 4.69) is 13.8 Å². The van der Waals surface area contributed by atoms with Crippen molar-refractivity contribution >= 4 is 12.4 Å². The fourth-order valence-corrected chi connectivity index (χ4v) is 3.09. The predicted molar refractivity (Wildman–Crippen MR) is 107 cm³/mol. The number of hydrogen-bond donors (Lipinski definition) is 0. The zero-order chi connectivity index (χ0) is 19.3. The van der Waals surface area contributed by atoms with Crippen molar-refractivity contribution in [2.24, 2.45) is 0 Å². The Balaban J connectivity index is 3.63. The van der Waals surface area contributed by atoms with Gasteiger partial charge in [-0.3, -0.25) is 4.79 Å². The number of rotatable bonds is 20. The lowest BCUT2D eigenvalue weighted by atomic mass is 10.1. The molecule has 0 aliphatic rings. The highest BCUT2D eigenvalue weighted by atomic mass is 16.5. The van der Waals surface area contributed by atoms with Crippen LogP contribution in [0.1, 0.15) is 117 Å². The van der Waals surface area contributed by atoms with Crippen molar-refractivity contribution in [1.29, 1.82) is 0 Å². The first kappa shape index (κ1) is 24.9.